The number of benzene rings is 3. The van der Waals surface area contributed by atoms with Gasteiger partial charge in [0.2, 0.25) is 0 Å². The minimum Gasteiger partial charge on any atom is -0.266 e. The van der Waals surface area contributed by atoms with Crippen LogP contribution in [0.15, 0.2) is 73.1 Å². The Kier molecular flexibility index (Phi) is 3.83. The monoisotopic (exact) mass is 372 g/mol. The van der Waals surface area contributed by atoms with Crippen molar-refractivity contribution in [3.8, 4) is 22.8 Å². The van der Waals surface area contributed by atoms with Crippen molar-refractivity contribution in [3.05, 3.63) is 90.3 Å². The van der Waals surface area contributed by atoms with Gasteiger partial charge in [-0.25, -0.2) is 18.7 Å². The zero-order valence-electron chi connectivity index (χ0n) is 14.7. The summed E-state index contributed by atoms with van der Waals surface area (Å²) in [6, 6.07) is 18.4. The number of nitrogens with zero attached hydrogens (tertiary/aromatic N) is 4. The second-order valence-electron chi connectivity index (χ2n) is 6.57. The van der Waals surface area contributed by atoms with E-state index in [1.807, 2.05) is 12.1 Å². The van der Waals surface area contributed by atoms with E-state index in [0.29, 0.717) is 17.9 Å². The largest absolute Gasteiger partial charge is 0.266 e. The molecule has 2 heterocycles. The summed E-state index contributed by atoms with van der Waals surface area (Å²) < 4.78 is 29.3. The summed E-state index contributed by atoms with van der Waals surface area (Å²) in [5, 5.41) is 6.72. The van der Waals surface area contributed by atoms with E-state index >= 15 is 0 Å². The highest BCUT2D eigenvalue weighted by atomic mass is 19.2. The van der Waals surface area contributed by atoms with Crippen LogP contribution in [0.4, 0.5) is 8.78 Å². The fourth-order valence-corrected chi connectivity index (χ4v) is 3.27. The molecule has 0 fully saturated rings. The average molecular weight is 372 g/mol. The van der Waals surface area contributed by atoms with Crippen LogP contribution in [0.5, 0.6) is 0 Å². The molecule has 0 atom stereocenters. The van der Waals surface area contributed by atoms with Crippen LogP contribution in [0.3, 0.4) is 0 Å². The zero-order chi connectivity index (χ0) is 19.1. The van der Waals surface area contributed by atoms with E-state index in [1.54, 1.807) is 17.1 Å². The van der Waals surface area contributed by atoms with Gasteiger partial charge in [0.05, 0.1) is 24.5 Å². The molecule has 0 saturated heterocycles. The van der Waals surface area contributed by atoms with Crippen LogP contribution in [-0.4, -0.2) is 19.7 Å². The van der Waals surface area contributed by atoms with E-state index in [0.717, 1.165) is 11.6 Å². The number of imidazole rings is 1. The third-order valence-corrected chi connectivity index (χ3v) is 4.67. The summed E-state index contributed by atoms with van der Waals surface area (Å²) in [6.45, 7) is 0.567. The summed E-state index contributed by atoms with van der Waals surface area (Å²) in [5.41, 5.74) is 2.26. The summed E-state index contributed by atoms with van der Waals surface area (Å²) in [4.78, 5) is 8.64. The van der Waals surface area contributed by atoms with Gasteiger partial charge in [0.1, 0.15) is 11.4 Å². The van der Waals surface area contributed by atoms with E-state index in [9.17, 15) is 8.78 Å². The van der Waals surface area contributed by atoms with Crippen molar-refractivity contribution in [2.75, 3.05) is 0 Å². The Balaban J connectivity index is 1.49. The van der Waals surface area contributed by atoms with Gasteiger partial charge in [-0.1, -0.05) is 42.5 Å². The van der Waals surface area contributed by atoms with E-state index in [2.05, 4.69) is 45.4 Å². The third kappa shape index (κ3) is 2.89. The molecule has 0 amide bonds. The molecule has 3 aromatic rings. The van der Waals surface area contributed by atoms with Crippen molar-refractivity contribution >= 4 is 10.8 Å². The molecule has 0 radical (unpaired) electrons. The number of aromatic nitrogens is 4. The number of halogens is 2. The van der Waals surface area contributed by atoms with Crippen LogP contribution < -0.4 is 0 Å². The number of hydrogen-bond acceptors (Lipinski definition) is 3. The van der Waals surface area contributed by atoms with Gasteiger partial charge in [0, 0.05) is 0 Å². The first-order chi connectivity index (χ1) is 13.7. The Bertz CT molecular complexity index is 1280. The minimum atomic E-state index is -0.949. The fraction of sp³-hybridized carbons (Fsp3) is 0.0455. The van der Waals surface area contributed by atoms with Crippen molar-refractivity contribution in [2.45, 2.75) is 6.54 Å². The molecule has 136 valence electrons. The lowest BCUT2D eigenvalue weighted by atomic mass is 10.1. The lowest BCUT2D eigenvalue weighted by molar-refractivity contribution is 0.510. The van der Waals surface area contributed by atoms with E-state index in [4.69, 9.17) is 0 Å². The summed E-state index contributed by atoms with van der Waals surface area (Å²) in [5.74, 6) is -1.72. The SMILES string of the molecule is Fc1cccc(-c2nc3cnn(Cc4ccc5ccccc5c4)cc-3n2)c1F. The van der Waals surface area contributed by atoms with Crippen LogP contribution in [0.1, 0.15) is 5.56 Å². The Morgan fingerprint density at radius 1 is 0.821 bits per heavy atom. The van der Waals surface area contributed by atoms with E-state index in [1.165, 1.54) is 22.9 Å². The summed E-state index contributed by atoms with van der Waals surface area (Å²) >= 11 is 0. The fourth-order valence-electron chi connectivity index (χ4n) is 3.27. The van der Waals surface area contributed by atoms with Gasteiger partial charge in [-0.3, -0.25) is 4.68 Å². The Morgan fingerprint density at radius 3 is 2.54 bits per heavy atom. The first kappa shape index (κ1) is 16.5. The maximum atomic E-state index is 14.0. The van der Waals surface area contributed by atoms with Crippen LogP contribution in [0, 0.1) is 11.6 Å². The minimum absolute atomic E-state index is 0.0391. The van der Waals surface area contributed by atoms with Gasteiger partial charge in [-0.05, 0) is 34.5 Å². The molecular formula is C22H14F2N4. The highest BCUT2D eigenvalue weighted by Crippen LogP contribution is 2.27. The predicted octanol–water partition coefficient (Wildman–Crippen LogP) is 4.92. The molecule has 0 aromatic heterocycles. The van der Waals surface area contributed by atoms with Gasteiger partial charge in [-0.2, -0.15) is 5.10 Å². The molecule has 28 heavy (non-hydrogen) atoms. The summed E-state index contributed by atoms with van der Waals surface area (Å²) in [6.07, 6.45) is 3.35. The number of fused-ring (bicyclic) bond motifs is 2. The molecule has 0 N–H and O–H groups in total. The zero-order valence-corrected chi connectivity index (χ0v) is 14.7. The quantitative estimate of drug-likeness (QED) is 0.451. The first-order valence-corrected chi connectivity index (χ1v) is 8.80. The second kappa shape index (κ2) is 6.49. The normalized spacial score (nSPS) is 11.4. The van der Waals surface area contributed by atoms with Crippen molar-refractivity contribution in [1.29, 1.82) is 0 Å². The molecule has 5 rings (SSSR count). The molecule has 2 aliphatic heterocycles. The topological polar surface area (TPSA) is 43.6 Å². The molecule has 0 spiro atoms. The molecule has 2 aliphatic rings. The predicted molar refractivity (Wildman–Crippen MR) is 103 cm³/mol. The smallest absolute Gasteiger partial charge is 0.169 e. The van der Waals surface area contributed by atoms with Crippen LogP contribution in [0.25, 0.3) is 33.5 Å². The molecule has 0 unspecified atom stereocenters. The molecule has 4 nitrogen and oxygen atoms in total. The van der Waals surface area contributed by atoms with E-state index in [-0.39, 0.29) is 11.4 Å². The Hall–Kier alpha value is -3.67. The van der Waals surface area contributed by atoms with Gasteiger partial charge >= 0.3 is 0 Å². The maximum absolute atomic E-state index is 14.0. The van der Waals surface area contributed by atoms with Crippen LogP contribution in [-0.2, 0) is 6.54 Å². The van der Waals surface area contributed by atoms with Crippen molar-refractivity contribution in [1.82, 2.24) is 19.7 Å². The standard InChI is InChI=1S/C22H14F2N4/c23-18-7-3-6-17(21(18)24)22-26-19-11-25-28(13-20(19)27-22)12-14-8-9-15-4-1-2-5-16(15)10-14/h1-11,13H,12H2. The highest BCUT2D eigenvalue weighted by Gasteiger charge is 2.18. The van der Waals surface area contributed by atoms with Crippen molar-refractivity contribution in [3.63, 3.8) is 0 Å². The van der Waals surface area contributed by atoms with Gasteiger partial charge in [-0.15, -0.1) is 0 Å². The van der Waals surface area contributed by atoms with Crippen molar-refractivity contribution in [2.24, 2.45) is 0 Å². The Morgan fingerprint density at radius 2 is 1.64 bits per heavy atom. The van der Waals surface area contributed by atoms with Crippen LogP contribution in [0.2, 0.25) is 0 Å². The van der Waals surface area contributed by atoms with Crippen LogP contribution >= 0.6 is 0 Å². The van der Waals surface area contributed by atoms with Gasteiger partial charge in [0.25, 0.3) is 0 Å². The lowest BCUT2D eigenvalue weighted by Crippen LogP contribution is -2.05. The third-order valence-electron chi connectivity index (χ3n) is 4.67. The second-order valence-corrected chi connectivity index (χ2v) is 6.57. The first-order valence-electron chi connectivity index (χ1n) is 8.80. The van der Waals surface area contributed by atoms with Gasteiger partial charge in [0.15, 0.2) is 17.5 Å². The van der Waals surface area contributed by atoms with Gasteiger partial charge < -0.3 is 0 Å². The molecule has 0 aliphatic carbocycles. The molecule has 0 bridgehead atoms. The molecule has 6 heteroatoms. The number of rotatable bonds is 3. The molecule has 0 saturated carbocycles. The highest BCUT2D eigenvalue weighted by molar-refractivity contribution is 5.83. The average Bonchev–Trinajstić information content (AvgIpc) is 3.13. The van der Waals surface area contributed by atoms with E-state index < -0.39 is 11.6 Å². The molecular weight excluding hydrogens is 358 g/mol. The lowest BCUT2D eigenvalue weighted by Gasteiger charge is -2.08. The summed E-state index contributed by atoms with van der Waals surface area (Å²) in [7, 11) is 0. The maximum Gasteiger partial charge on any atom is 0.169 e. The number of hydrogen-bond donors (Lipinski definition) is 0. The Labute approximate surface area is 159 Å². The van der Waals surface area contributed by atoms with Crippen molar-refractivity contribution < 1.29 is 8.78 Å². The molecule has 3 aromatic carbocycles.